The SMILES string of the molecule is Cc1ccc([SiH](CCl)c2ccccc2)c(C)c1C. The van der Waals surface area contributed by atoms with Gasteiger partial charge in [-0.2, -0.15) is 0 Å². The van der Waals surface area contributed by atoms with Crippen LogP contribution in [-0.2, 0) is 0 Å². The minimum absolute atomic E-state index is 0.757. The molecule has 94 valence electrons. The van der Waals surface area contributed by atoms with E-state index in [9.17, 15) is 0 Å². The second-order valence-electron chi connectivity index (χ2n) is 4.84. The number of rotatable bonds is 3. The molecule has 0 spiro atoms. The Morgan fingerprint density at radius 1 is 0.889 bits per heavy atom. The summed E-state index contributed by atoms with van der Waals surface area (Å²) in [6, 6.07) is 15.2. The quantitative estimate of drug-likeness (QED) is 0.596. The van der Waals surface area contributed by atoms with Crippen LogP contribution in [0.15, 0.2) is 42.5 Å². The van der Waals surface area contributed by atoms with E-state index >= 15 is 0 Å². The first-order valence-electron chi connectivity index (χ1n) is 6.32. The molecule has 0 N–H and O–H groups in total. The Balaban J connectivity index is 2.50. The Hall–Kier alpha value is -1.05. The summed E-state index contributed by atoms with van der Waals surface area (Å²) >= 11 is 6.26. The van der Waals surface area contributed by atoms with Crippen molar-refractivity contribution in [3.63, 3.8) is 0 Å². The fourth-order valence-electron chi connectivity index (χ4n) is 2.39. The molecular weight excluding hydrogens is 256 g/mol. The fourth-order valence-corrected chi connectivity index (χ4v) is 5.88. The molecule has 0 saturated heterocycles. The zero-order chi connectivity index (χ0) is 13.1. The topological polar surface area (TPSA) is 0 Å². The van der Waals surface area contributed by atoms with Crippen molar-refractivity contribution in [2.75, 3.05) is 5.50 Å². The molecule has 0 bridgehead atoms. The van der Waals surface area contributed by atoms with E-state index in [1.54, 1.807) is 0 Å². The molecule has 2 rings (SSSR count). The van der Waals surface area contributed by atoms with E-state index in [1.165, 1.54) is 27.1 Å². The van der Waals surface area contributed by atoms with Gasteiger partial charge in [-0.25, -0.2) is 0 Å². The van der Waals surface area contributed by atoms with Gasteiger partial charge < -0.3 is 0 Å². The van der Waals surface area contributed by atoms with Crippen LogP contribution < -0.4 is 10.4 Å². The molecule has 1 atom stereocenters. The molecule has 0 aromatic heterocycles. The van der Waals surface area contributed by atoms with Crippen LogP contribution in [0.5, 0.6) is 0 Å². The zero-order valence-electron chi connectivity index (χ0n) is 11.2. The molecule has 0 amide bonds. The predicted octanol–water partition coefficient (Wildman–Crippen LogP) is 2.73. The van der Waals surface area contributed by atoms with Gasteiger partial charge in [0.15, 0.2) is 0 Å². The van der Waals surface area contributed by atoms with Gasteiger partial charge in [0.05, 0.1) is 0 Å². The minimum atomic E-state index is -1.25. The number of hydrogen-bond donors (Lipinski definition) is 0. The molecule has 2 aromatic carbocycles. The van der Waals surface area contributed by atoms with Crippen molar-refractivity contribution in [1.82, 2.24) is 0 Å². The smallest absolute Gasteiger partial charge is 0.118 e. The summed E-state index contributed by atoms with van der Waals surface area (Å²) in [5.41, 5.74) is 4.96. The average molecular weight is 275 g/mol. The first-order chi connectivity index (χ1) is 8.65. The highest BCUT2D eigenvalue weighted by atomic mass is 35.5. The molecule has 0 aliphatic heterocycles. The summed E-state index contributed by atoms with van der Waals surface area (Å²) in [5.74, 6) is 0. The molecule has 0 aliphatic rings. The van der Waals surface area contributed by atoms with E-state index in [1.807, 2.05) is 0 Å². The summed E-state index contributed by atoms with van der Waals surface area (Å²) in [5, 5.41) is 2.91. The van der Waals surface area contributed by atoms with E-state index in [0.29, 0.717) is 0 Å². The molecule has 0 aliphatic carbocycles. The van der Waals surface area contributed by atoms with Gasteiger partial charge in [0.2, 0.25) is 0 Å². The maximum Gasteiger partial charge on any atom is 0.118 e. The molecule has 2 heteroatoms. The Bertz CT molecular complexity index is 534. The Morgan fingerprint density at radius 2 is 1.56 bits per heavy atom. The van der Waals surface area contributed by atoms with Crippen LogP contribution in [0.4, 0.5) is 0 Å². The summed E-state index contributed by atoms with van der Waals surface area (Å²) in [4.78, 5) is 0. The van der Waals surface area contributed by atoms with E-state index in [0.717, 1.165) is 5.50 Å². The van der Waals surface area contributed by atoms with E-state index in [2.05, 4.69) is 63.2 Å². The van der Waals surface area contributed by atoms with E-state index in [-0.39, 0.29) is 0 Å². The third kappa shape index (κ3) is 2.52. The lowest BCUT2D eigenvalue weighted by Crippen LogP contribution is -2.45. The molecular formula is C16H19ClSi. The van der Waals surface area contributed by atoms with E-state index in [4.69, 9.17) is 11.6 Å². The van der Waals surface area contributed by atoms with Crippen molar-refractivity contribution in [3.8, 4) is 0 Å². The number of hydrogen-bond acceptors (Lipinski definition) is 0. The summed E-state index contributed by atoms with van der Waals surface area (Å²) in [7, 11) is -1.25. The van der Waals surface area contributed by atoms with E-state index < -0.39 is 8.80 Å². The summed E-state index contributed by atoms with van der Waals surface area (Å²) < 4.78 is 0. The van der Waals surface area contributed by atoms with Crippen LogP contribution in [0.2, 0.25) is 0 Å². The van der Waals surface area contributed by atoms with Crippen LogP contribution in [-0.4, -0.2) is 14.3 Å². The molecule has 0 radical (unpaired) electrons. The molecule has 0 heterocycles. The van der Waals surface area contributed by atoms with Crippen LogP contribution in [0.1, 0.15) is 16.7 Å². The van der Waals surface area contributed by atoms with Crippen molar-refractivity contribution in [1.29, 1.82) is 0 Å². The van der Waals surface area contributed by atoms with Gasteiger partial charge in [0.25, 0.3) is 0 Å². The lowest BCUT2D eigenvalue weighted by molar-refractivity contribution is 1.28. The van der Waals surface area contributed by atoms with Crippen molar-refractivity contribution in [2.45, 2.75) is 20.8 Å². The second-order valence-corrected chi connectivity index (χ2v) is 8.47. The van der Waals surface area contributed by atoms with Crippen LogP contribution in [0.3, 0.4) is 0 Å². The first-order valence-corrected chi connectivity index (χ1v) is 8.83. The van der Waals surface area contributed by atoms with Crippen LogP contribution in [0.25, 0.3) is 0 Å². The molecule has 18 heavy (non-hydrogen) atoms. The minimum Gasteiger partial charge on any atom is -0.130 e. The summed E-state index contributed by atoms with van der Waals surface area (Å²) in [6.07, 6.45) is 0. The highest BCUT2D eigenvalue weighted by molar-refractivity contribution is 6.89. The second kappa shape index (κ2) is 5.72. The lowest BCUT2D eigenvalue weighted by atomic mass is 10.1. The van der Waals surface area contributed by atoms with Gasteiger partial charge >= 0.3 is 0 Å². The lowest BCUT2D eigenvalue weighted by Gasteiger charge is -2.18. The van der Waals surface area contributed by atoms with Gasteiger partial charge in [-0.15, -0.1) is 11.6 Å². The van der Waals surface area contributed by atoms with Crippen molar-refractivity contribution < 1.29 is 0 Å². The van der Waals surface area contributed by atoms with Crippen LogP contribution >= 0.6 is 11.6 Å². The molecule has 0 saturated carbocycles. The molecule has 0 fully saturated rings. The number of alkyl halides is 1. The van der Waals surface area contributed by atoms with Gasteiger partial charge in [-0.3, -0.25) is 0 Å². The van der Waals surface area contributed by atoms with Gasteiger partial charge in [-0.05, 0) is 37.5 Å². The largest absolute Gasteiger partial charge is 0.130 e. The summed E-state index contributed by atoms with van der Waals surface area (Å²) in [6.45, 7) is 6.61. The average Bonchev–Trinajstić information content (AvgIpc) is 2.41. The van der Waals surface area contributed by atoms with Crippen molar-refractivity contribution in [2.24, 2.45) is 0 Å². The maximum atomic E-state index is 6.26. The van der Waals surface area contributed by atoms with Gasteiger partial charge in [0, 0.05) is 5.50 Å². The predicted molar refractivity (Wildman–Crippen MR) is 84.2 cm³/mol. The molecule has 0 nitrogen and oxygen atoms in total. The normalized spacial score (nSPS) is 12.4. The highest BCUT2D eigenvalue weighted by Crippen LogP contribution is 2.11. The monoisotopic (exact) mass is 274 g/mol. The first kappa shape index (κ1) is 13.4. The Labute approximate surface area is 116 Å². The fraction of sp³-hybridized carbons (Fsp3) is 0.250. The van der Waals surface area contributed by atoms with Crippen LogP contribution in [0, 0.1) is 20.8 Å². The molecule has 2 aromatic rings. The number of aryl methyl sites for hydroxylation is 1. The van der Waals surface area contributed by atoms with Crippen molar-refractivity contribution in [3.05, 3.63) is 59.2 Å². The third-order valence-electron chi connectivity index (χ3n) is 3.83. The molecule has 1 unspecified atom stereocenters. The highest BCUT2D eigenvalue weighted by Gasteiger charge is 2.18. The zero-order valence-corrected chi connectivity index (χ0v) is 13.1. The Kier molecular flexibility index (Phi) is 4.26. The standard InChI is InChI=1S/C16H19ClSi/c1-12-9-10-16(14(3)13(12)2)18(11-17)15-7-5-4-6-8-15/h4-10,18H,11H2,1-3H3. The maximum absolute atomic E-state index is 6.26. The van der Waals surface area contributed by atoms with Gasteiger partial charge in [0.1, 0.15) is 8.80 Å². The Morgan fingerprint density at radius 3 is 2.17 bits per heavy atom. The third-order valence-corrected chi connectivity index (χ3v) is 7.63. The number of halogens is 1. The van der Waals surface area contributed by atoms with Crippen molar-refractivity contribution >= 4 is 30.8 Å². The van der Waals surface area contributed by atoms with Gasteiger partial charge in [-0.1, -0.05) is 52.8 Å². The number of benzene rings is 2.